The van der Waals surface area contributed by atoms with E-state index >= 15 is 0 Å². The molecule has 24 heavy (non-hydrogen) atoms. The van der Waals surface area contributed by atoms with Crippen LogP contribution in [0.15, 0.2) is 53.2 Å². The number of carbonyl (C=O) groups is 2. The average molecular weight is 342 g/mol. The van der Waals surface area contributed by atoms with Crippen molar-refractivity contribution in [1.29, 1.82) is 0 Å². The topological polar surface area (TPSA) is 62.6 Å². The van der Waals surface area contributed by atoms with Crippen molar-refractivity contribution in [3.05, 3.63) is 60.1 Å². The molecule has 1 aliphatic rings. The maximum Gasteiger partial charge on any atom is 0.248 e. The van der Waals surface area contributed by atoms with Crippen LogP contribution in [0.25, 0.3) is 6.08 Å². The van der Waals surface area contributed by atoms with Gasteiger partial charge in [0.25, 0.3) is 0 Å². The predicted octanol–water partition coefficient (Wildman–Crippen LogP) is 3.14. The molecule has 1 aromatic carbocycles. The van der Waals surface area contributed by atoms with Crippen LogP contribution in [0.3, 0.4) is 0 Å². The van der Waals surface area contributed by atoms with Crippen LogP contribution >= 0.6 is 11.8 Å². The Bertz CT molecular complexity index is 755. The lowest BCUT2D eigenvalue weighted by Gasteiger charge is -2.22. The van der Waals surface area contributed by atoms with Gasteiger partial charge >= 0.3 is 0 Å². The van der Waals surface area contributed by atoms with E-state index in [4.69, 9.17) is 4.42 Å². The largest absolute Gasteiger partial charge is 0.465 e. The summed E-state index contributed by atoms with van der Waals surface area (Å²) >= 11 is 1.57. The molecule has 5 nitrogen and oxygen atoms in total. The second-order valence-corrected chi connectivity index (χ2v) is 6.48. The molecule has 1 saturated heterocycles. The van der Waals surface area contributed by atoms with E-state index in [1.54, 1.807) is 41.1 Å². The second-order valence-electron chi connectivity index (χ2n) is 5.48. The third-order valence-corrected chi connectivity index (χ3v) is 4.82. The molecule has 0 spiro atoms. The molecule has 3 rings (SSSR count). The van der Waals surface area contributed by atoms with E-state index < -0.39 is 6.04 Å². The van der Waals surface area contributed by atoms with Gasteiger partial charge in [0.1, 0.15) is 11.8 Å². The molecule has 2 heterocycles. The number of para-hydroxylation sites is 1. The molecule has 1 aliphatic heterocycles. The minimum Gasteiger partial charge on any atom is -0.465 e. The van der Waals surface area contributed by atoms with Crippen molar-refractivity contribution in [2.75, 3.05) is 16.9 Å². The molecular weight excluding hydrogens is 324 g/mol. The van der Waals surface area contributed by atoms with Crippen molar-refractivity contribution in [3.8, 4) is 0 Å². The van der Waals surface area contributed by atoms with Crippen molar-refractivity contribution in [2.45, 2.75) is 13.0 Å². The standard InChI is InChI=1S/C18H18N2O3S/c1-13-5-2-3-7-15(13)19-18(22)16-11-24-12-20(16)17(21)9-8-14-6-4-10-23-14/h2-10,16H,11-12H2,1H3,(H,19,22). The zero-order chi connectivity index (χ0) is 16.9. The van der Waals surface area contributed by atoms with E-state index in [0.717, 1.165) is 11.3 Å². The Labute approximate surface area is 144 Å². The number of amides is 2. The van der Waals surface area contributed by atoms with Gasteiger partial charge in [-0.3, -0.25) is 9.59 Å². The highest BCUT2D eigenvalue weighted by atomic mass is 32.2. The maximum atomic E-state index is 12.6. The molecule has 1 aromatic heterocycles. The van der Waals surface area contributed by atoms with Crippen LogP contribution in [0.2, 0.25) is 0 Å². The molecule has 0 aliphatic carbocycles. The summed E-state index contributed by atoms with van der Waals surface area (Å²) in [4.78, 5) is 26.5. The lowest BCUT2D eigenvalue weighted by Crippen LogP contribution is -2.44. The zero-order valence-corrected chi connectivity index (χ0v) is 14.1. The molecule has 1 fully saturated rings. The number of nitrogens with zero attached hydrogens (tertiary/aromatic N) is 1. The maximum absolute atomic E-state index is 12.6. The van der Waals surface area contributed by atoms with Gasteiger partial charge in [0.05, 0.1) is 12.1 Å². The normalized spacial score (nSPS) is 17.4. The van der Waals surface area contributed by atoms with Gasteiger partial charge in [-0.05, 0) is 36.8 Å². The molecule has 2 aromatic rings. The number of benzene rings is 1. The first kappa shape index (κ1) is 16.4. The van der Waals surface area contributed by atoms with Crippen molar-refractivity contribution >= 4 is 35.3 Å². The zero-order valence-electron chi connectivity index (χ0n) is 13.3. The summed E-state index contributed by atoms with van der Waals surface area (Å²) < 4.78 is 5.17. The summed E-state index contributed by atoms with van der Waals surface area (Å²) in [5.74, 6) is 1.36. The fourth-order valence-corrected chi connectivity index (χ4v) is 3.61. The second kappa shape index (κ2) is 7.40. The molecule has 6 heteroatoms. The highest BCUT2D eigenvalue weighted by Gasteiger charge is 2.33. The third-order valence-electron chi connectivity index (χ3n) is 3.80. The summed E-state index contributed by atoms with van der Waals surface area (Å²) in [7, 11) is 0. The summed E-state index contributed by atoms with van der Waals surface area (Å²) in [5.41, 5.74) is 1.77. The molecule has 0 bridgehead atoms. The quantitative estimate of drug-likeness (QED) is 0.867. The van der Waals surface area contributed by atoms with Gasteiger partial charge in [0, 0.05) is 17.5 Å². The molecule has 1 unspecified atom stereocenters. The molecule has 0 saturated carbocycles. The van der Waals surface area contributed by atoms with Gasteiger partial charge in [-0.15, -0.1) is 11.8 Å². The van der Waals surface area contributed by atoms with Crippen molar-refractivity contribution < 1.29 is 14.0 Å². The number of carbonyl (C=O) groups excluding carboxylic acids is 2. The molecule has 2 amide bonds. The SMILES string of the molecule is Cc1ccccc1NC(=O)C1CSCN1C(=O)C=Cc1ccco1. The number of hydrogen-bond acceptors (Lipinski definition) is 4. The van der Waals surface area contributed by atoms with Crippen LogP contribution in [0.5, 0.6) is 0 Å². The number of thioether (sulfide) groups is 1. The smallest absolute Gasteiger partial charge is 0.248 e. The van der Waals surface area contributed by atoms with Crippen LogP contribution in [-0.4, -0.2) is 34.4 Å². The van der Waals surface area contributed by atoms with Crippen LogP contribution in [-0.2, 0) is 9.59 Å². The van der Waals surface area contributed by atoms with Gasteiger partial charge in [-0.25, -0.2) is 0 Å². The van der Waals surface area contributed by atoms with Crippen LogP contribution in [0.4, 0.5) is 5.69 Å². The number of nitrogens with one attached hydrogen (secondary N) is 1. The first-order chi connectivity index (χ1) is 11.6. The monoisotopic (exact) mass is 342 g/mol. The Kier molecular flexibility index (Phi) is 5.05. The Morgan fingerprint density at radius 2 is 2.12 bits per heavy atom. The first-order valence-electron chi connectivity index (χ1n) is 7.61. The lowest BCUT2D eigenvalue weighted by molar-refractivity contribution is -0.132. The van der Waals surface area contributed by atoms with E-state index in [1.807, 2.05) is 31.2 Å². The van der Waals surface area contributed by atoms with E-state index in [9.17, 15) is 9.59 Å². The van der Waals surface area contributed by atoms with Crippen LogP contribution in [0.1, 0.15) is 11.3 Å². The fourth-order valence-electron chi connectivity index (χ4n) is 2.44. The Hall–Kier alpha value is -2.47. The van der Waals surface area contributed by atoms with Crippen molar-refractivity contribution in [1.82, 2.24) is 4.90 Å². The summed E-state index contributed by atoms with van der Waals surface area (Å²) in [6, 6.07) is 10.7. The van der Waals surface area contributed by atoms with Gasteiger partial charge in [-0.2, -0.15) is 0 Å². The lowest BCUT2D eigenvalue weighted by atomic mass is 10.2. The van der Waals surface area contributed by atoms with Gasteiger partial charge < -0.3 is 14.6 Å². The van der Waals surface area contributed by atoms with Gasteiger partial charge in [0.2, 0.25) is 11.8 Å². The number of rotatable bonds is 4. The fraction of sp³-hybridized carbons (Fsp3) is 0.222. The Balaban J connectivity index is 1.67. The van der Waals surface area contributed by atoms with E-state index in [-0.39, 0.29) is 11.8 Å². The van der Waals surface area contributed by atoms with Gasteiger partial charge in [-0.1, -0.05) is 18.2 Å². The van der Waals surface area contributed by atoms with Crippen molar-refractivity contribution in [3.63, 3.8) is 0 Å². The average Bonchev–Trinajstić information content (AvgIpc) is 3.26. The molecule has 0 radical (unpaired) electrons. The Morgan fingerprint density at radius 1 is 1.29 bits per heavy atom. The number of aryl methyl sites for hydroxylation is 1. The number of anilines is 1. The van der Waals surface area contributed by atoms with Crippen LogP contribution in [0, 0.1) is 6.92 Å². The van der Waals surface area contributed by atoms with Gasteiger partial charge in [0.15, 0.2) is 0 Å². The number of furan rings is 1. The minimum atomic E-state index is -0.469. The molecule has 1 N–H and O–H groups in total. The highest BCUT2D eigenvalue weighted by Crippen LogP contribution is 2.23. The molecule has 1 atom stereocenters. The van der Waals surface area contributed by atoms with E-state index in [1.165, 1.54) is 6.08 Å². The molecular formula is C18H18N2O3S. The highest BCUT2D eigenvalue weighted by molar-refractivity contribution is 7.99. The molecule has 124 valence electrons. The van der Waals surface area contributed by atoms with Crippen molar-refractivity contribution in [2.24, 2.45) is 0 Å². The summed E-state index contributed by atoms with van der Waals surface area (Å²) in [6.07, 6.45) is 4.61. The minimum absolute atomic E-state index is 0.158. The van der Waals surface area contributed by atoms with Crippen LogP contribution < -0.4 is 5.32 Å². The van der Waals surface area contributed by atoms with E-state index in [0.29, 0.717) is 17.4 Å². The summed E-state index contributed by atoms with van der Waals surface area (Å²) in [5, 5.41) is 2.92. The first-order valence-corrected chi connectivity index (χ1v) is 8.77. The number of hydrogen-bond donors (Lipinski definition) is 1. The predicted molar refractivity (Wildman–Crippen MR) is 95.5 cm³/mol. The van der Waals surface area contributed by atoms with E-state index in [2.05, 4.69) is 5.32 Å². The third kappa shape index (κ3) is 3.71. The Morgan fingerprint density at radius 3 is 2.88 bits per heavy atom. The summed E-state index contributed by atoms with van der Waals surface area (Å²) in [6.45, 7) is 1.94.